The average molecular weight is 709 g/mol. The van der Waals surface area contributed by atoms with Crippen LogP contribution in [0.1, 0.15) is 75.1 Å². The molecule has 6 aromatic carbocycles. The highest BCUT2D eigenvalue weighted by Gasteiger charge is 2.27. The van der Waals surface area contributed by atoms with Gasteiger partial charge in [-0.05, 0) is 84.1 Å². The van der Waals surface area contributed by atoms with Crippen molar-refractivity contribution in [3.05, 3.63) is 216 Å². The molecule has 0 saturated carbocycles. The van der Waals surface area contributed by atoms with Crippen molar-refractivity contribution < 1.29 is 13.3 Å². The molecule has 0 unspecified atom stereocenters. The van der Waals surface area contributed by atoms with E-state index in [9.17, 15) is 0 Å². The highest BCUT2D eigenvalue weighted by Crippen LogP contribution is 2.36. The second-order valence-corrected chi connectivity index (χ2v) is 15.5. The van der Waals surface area contributed by atoms with Gasteiger partial charge in [0.1, 0.15) is 22.5 Å². The molecule has 0 aliphatic rings. The van der Waals surface area contributed by atoms with Crippen LogP contribution in [0.3, 0.4) is 0 Å². The molecule has 0 spiro atoms. The number of benzene rings is 6. The third kappa shape index (κ3) is 7.54. The van der Waals surface area contributed by atoms with Crippen molar-refractivity contribution in [2.45, 2.75) is 57.8 Å². The van der Waals surface area contributed by atoms with Crippen LogP contribution in [0.5, 0.6) is 0 Å². The van der Waals surface area contributed by atoms with Crippen LogP contribution in [0.25, 0.3) is 32.9 Å². The van der Waals surface area contributed by atoms with Crippen LogP contribution in [-0.4, -0.2) is 0 Å². The highest BCUT2D eigenvalue weighted by molar-refractivity contribution is 5.79. The Kier molecular flexibility index (Phi) is 10.2. The van der Waals surface area contributed by atoms with Gasteiger partial charge in [0.25, 0.3) is 0 Å². The lowest BCUT2D eigenvalue weighted by Crippen LogP contribution is -2.18. The van der Waals surface area contributed by atoms with E-state index in [0.717, 1.165) is 38.7 Å². The Hall–Kier alpha value is -6.06. The van der Waals surface area contributed by atoms with Gasteiger partial charge >= 0.3 is 0 Å². The largest absolute Gasteiger partial charge is 0.464 e. The Morgan fingerprint density at radius 2 is 0.778 bits per heavy atom. The molecule has 0 atom stereocenters. The molecule has 9 aromatic rings. The van der Waals surface area contributed by atoms with Crippen molar-refractivity contribution in [3.63, 3.8) is 0 Å². The van der Waals surface area contributed by atoms with E-state index in [1.165, 1.54) is 27.8 Å². The first-order valence-corrected chi connectivity index (χ1v) is 18.6. The van der Waals surface area contributed by atoms with Gasteiger partial charge in [0.2, 0.25) is 0 Å². The molecule has 54 heavy (non-hydrogen) atoms. The van der Waals surface area contributed by atoms with Crippen LogP contribution < -0.4 is 0 Å². The molecular formula is C51H48O3. The van der Waals surface area contributed by atoms with Gasteiger partial charge in [0.15, 0.2) is 0 Å². The summed E-state index contributed by atoms with van der Waals surface area (Å²) in [4.78, 5) is 0. The lowest BCUT2D eigenvalue weighted by atomic mass is 9.78. The fourth-order valence-electron chi connectivity index (χ4n) is 7.03. The monoisotopic (exact) mass is 708 g/mol. The predicted molar refractivity (Wildman–Crippen MR) is 224 cm³/mol. The van der Waals surface area contributed by atoms with Crippen LogP contribution >= 0.6 is 0 Å². The van der Waals surface area contributed by atoms with Gasteiger partial charge in [0, 0.05) is 32.4 Å². The Morgan fingerprint density at radius 1 is 0.315 bits per heavy atom. The summed E-state index contributed by atoms with van der Waals surface area (Å²) in [5, 5.41) is 3.48. The third-order valence-corrected chi connectivity index (χ3v) is 10.9. The molecule has 0 saturated heterocycles. The molecule has 3 heteroatoms. The van der Waals surface area contributed by atoms with E-state index in [2.05, 4.69) is 175 Å². The van der Waals surface area contributed by atoms with Crippen molar-refractivity contribution >= 4 is 32.9 Å². The molecule has 0 amide bonds. The topological polar surface area (TPSA) is 39.4 Å². The maximum absolute atomic E-state index is 5.99. The van der Waals surface area contributed by atoms with Gasteiger partial charge < -0.3 is 13.3 Å². The second-order valence-electron chi connectivity index (χ2n) is 15.5. The molecule has 0 N–H and O–H groups in total. The zero-order valence-electron chi connectivity index (χ0n) is 32.0. The average Bonchev–Trinajstić information content (AvgIpc) is 3.99. The maximum Gasteiger partial charge on any atom is 0.134 e. The normalized spacial score (nSPS) is 11.9. The Bertz CT molecular complexity index is 2340. The molecule has 0 fully saturated rings. The Morgan fingerprint density at radius 3 is 1.37 bits per heavy atom. The van der Waals surface area contributed by atoms with E-state index in [1.807, 2.05) is 36.4 Å². The van der Waals surface area contributed by atoms with Gasteiger partial charge in [-0.3, -0.25) is 0 Å². The van der Waals surface area contributed by atoms with Gasteiger partial charge in [0.05, 0.1) is 12.5 Å². The number of para-hydroxylation sites is 1. The third-order valence-electron chi connectivity index (χ3n) is 10.9. The first-order chi connectivity index (χ1) is 26.0. The smallest absolute Gasteiger partial charge is 0.134 e. The summed E-state index contributed by atoms with van der Waals surface area (Å²) in [5.41, 5.74) is 9.23. The zero-order valence-corrected chi connectivity index (χ0v) is 32.0. The number of furan rings is 3. The van der Waals surface area contributed by atoms with Crippen LogP contribution in [0.15, 0.2) is 196 Å². The number of rotatable bonds is 6. The van der Waals surface area contributed by atoms with E-state index < -0.39 is 0 Å². The van der Waals surface area contributed by atoms with Gasteiger partial charge in [-0.1, -0.05) is 155 Å². The molecule has 3 aromatic heterocycles. The lowest BCUT2D eigenvalue weighted by molar-refractivity contribution is 0.453. The summed E-state index contributed by atoms with van der Waals surface area (Å²) in [6.45, 7) is 13.4. The fourth-order valence-corrected chi connectivity index (χ4v) is 7.03. The quantitative estimate of drug-likeness (QED) is 0.173. The first kappa shape index (κ1) is 36.3. The molecule has 9 rings (SSSR count). The van der Waals surface area contributed by atoms with Crippen LogP contribution in [0, 0.1) is 0 Å². The van der Waals surface area contributed by atoms with E-state index in [-0.39, 0.29) is 16.2 Å². The van der Waals surface area contributed by atoms with Crippen LogP contribution in [0.2, 0.25) is 0 Å². The summed E-state index contributed by atoms with van der Waals surface area (Å²) in [5.74, 6) is 1.01. The van der Waals surface area contributed by atoms with Crippen molar-refractivity contribution in [2.75, 3.05) is 0 Å². The molecule has 3 nitrogen and oxygen atoms in total. The van der Waals surface area contributed by atoms with Crippen molar-refractivity contribution in [2.24, 2.45) is 0 Å². The zero-order chi connectivity index (χ0) is 37.8. The number of hydrogen-bond acceptors (Lipinski definition) is 3. The minimum Gasteiger partial charge on any atom is -0.464 e. The van der Waals surface area contributed by atoms with E-state index in [4.69, 9.17) is 13.3 Å². The van der Waals surface area contributed by atoms with Crippen molar-refractivity contribution in [1.82, 2.24) is 0 Å². The molecule has 0 bridgehead atoms. The van der Waals surface area contributed by atoms with Gasteiger partial charge in [-0.2, -0.15) is 0 Å². The first-order valence-electron chi connectivity index (χ1n) is 18.6. The molecule has 3 heterocycles. The Labute approximate surface area is 318 Å². The summed E-state index contributed by atoms with van der Waals surface area (Å²) in [6, 6.07) is 58.8. The van der Waals surface area contributed by atoms with Crippen LogP contribution in [0.4, 0.5) is 0 Å². The summed E-state index contributed by atoms with van der Waals surface area (Å²) in [6.07, 6.45) is 3.48. The van der Waals surface area contributed by atoms with E-state index >= 15 is 0 Å². The van der Waals surface area contributed by atoms with Crippen LogP contribution in [-0.2, 0) is 16.2 Å². The SMILES string of the molecule is CC(C)(c1ccccc1)c1cc2ccccc2o1.CC(C)(c1ccccc1)c1ccc2ccoc2c1.CC(C)(c1ccccc1)c1ccc2occc2c1. The molecule has 0 aliphatic carbocycles. The van der Waals surface area contributed by atoms with E-state index in [1.54, 1.807) is 12.5 Å². The molecule has 0 radical (unpaired) electrons. The fraction of sp³-hybridized carbons (Fsp3) is 0.176. The van der Waals surface area contributed by atoms with Crippen molar-refractivity contribution in [3.8, 4) is 0 Å². The van der Waals surface area contributed by atoms with Crippen molar-refractivity contribution in [1.29, 1.82) is 0 Å². The van der Waals surface area contributed by atoms with E-state index in [0.29, 0.717) is 0 Å². The summed E-state index contributed by atoms with van der Waals surface area (Å²) < 4.78 is 16.9. The summed E-state index contributed by atoms with van der Waals surface area (Å²) in [7, 11) is 0. The standard InChI is InChI=1S/3C17H16O/c1-17(2,14-9-4-3-5-10-14)16-12-13-8-6-7-11-15(13)18-16;1-17(2,14-6-4-3-5-7-14)15-8-9-16-13(12-15)10-11-18-16;1-17(2,14-6-4-3-5-7-14)15-9-8-13-10-11-18-16(13)12-15/h3*3-12H,1-2H3. The minimum absolute atomic E-state index is 0.00667. The number of hydrogen-bond donors (Lipinski definition) is 0. The maximum atomic E-state index is 5.99. The minimum atomic E-state index is -0.111. The van der Waals surface area contributed by atoms with Gasteiger partial charge in [-0.25, -0.2) is 0 Å². The number of fused-ring (bicyclic) bond motifs is 3. The molecular weight excluding hydrogens is 661 g/mol. The highest BCUT2D eigenvalue weighted by atomic mass is 16.3. The van der Waals surface area contributed by atoms with Gasteiger partial charge in [-0.15, -0.1) is 0 Å². The lowest BCUT2D eigenvalue weighted by Gasteiger charge is -2.26. The Balaban J connectivity index is 0.000000125. The molecule has 270 valence electrons. The molecule has 0 aliphatic heterocycles. The predicted octanol–water partition coefficient (Wildman–Crippen LogP) is 14.3. The summed E-state index contributed by atoms with van der Waals surface area (Å²) >= 11 is 0. The second kappa shape index (κ2) is 15.1.